The summed E-state index contributed by atoms with van der Waals surface area (Å²) in [6, 6.07) is 7.09. The summed E-state index contributed by atoms with van der Waals surface area (Å²) < 4.78 is 6.61. The number of likely N-dealkylation sites (N-methyl/N-ethyl adjacent to an activating group) is 1. The molecule has 20 heavy (non-hydrogen) atoms. The molecular weight excluding hydrogens is 316 g/mol. The number of halogens is 1. The normalized spacial score (nSPS) is 11.1. The molecule has 1 rings (SSSR count). The molecule has 0 amide bonds. The van der Waals surface area contributed by atoms with Gasteiger partial charge in [0.2, 0.25) is 0 Å². The van der Waals surface area contributed by atoms with Crippen LogP contribution in [-0.4, -0.2) is 32.3 Å². The Morgan fingerprint density at radius 2 is 2.05 bits per heavy atom. The van der Waals surface area contributed by atoms with Gasteiger partial charge in [0.1, 0.15) is 0 Å². The highest BCUT2D eigenvalue weighted by Gasteiger charge is 2.07. The second-order valence-corrected chi connectivity index (χ2v) is 5.94. The van der Waals surface area contributed by atoms with Crippen LogP contribution < -0.4 is 10.2 Å². The van der Waals surface area contributed by atoms with Gasteiger partial charge >= 0.3 is 0 Å². The van der Waals surface area contributed by atoms with Crippen LogP contribution in [0, 0.1) is 0 Å². The van der Waals surface area contributed by atoms with E-state index in [0.29, 0.717) is 6.04 Å². The molecule has 0 fully saturated rings. The summed E-state index contributed by atoms with van der Waals surface area (Å²) >= 11 is 3.68. The van der Waals surface area contributed by atoms with Crippen LogP contribution in [-0.2, 0) is 11.3 Å². The average Bonchev–Trinajstić information content (AvgIpc) is 2.42. The lowest BCUT2D eigenvalue weighted by molar-refractivity contribution is 0.154. The van der Waals surface area contributed by atoms with Gasteiger partial charge in [0.25, 0.3) is 0 Å². The van der Waals surface area contributed by atoms with Crippen molar-refractivity contribution < 1.29 is 4.74 Å². The van der Waals surface area contributed by atoms with Gasteiger partial charge in [0, 0.05) is 42.4 Å². The van der Waals surface area contributed by atoms with Gasteiger partial charge in [-0.3, -0.25) is 0 Å². The Labute approximate surface area is 131 Å². The smallest absolute Gasteiger partial charge is 0.0641 e. The van der Waals surface area contributed by atoms with E-state index in [9.17, 15) is 0 Å². The third-order valence-electron chi connectivity index (χ3n) is 3.19. The molecule has 3 nitrogen and oxygen atoms in total. The van der Waals surface area contributed by atoms with Crippen molar-refractivity contribution in [2.45, 2.75) is 40.3 Å². The van der Waals surface area contributed by atoms with Gasteiger partial charge in [0.05, 0.1) is 6.61 Å². The van der Waals surface area contributed by atoms with Gasteiger partial charge < -0.3 is 15.0 Å². The first-order valence-corrected chi connectivity index (χ1v) is 8.22. The molecule has 0 heterocycles. The number of benzene rings is 1. The Hall–Kier alpha value is -0.580. The van der Waals surface area contributed by atoms with E-state index in [1.54, 1.807) is 0 Å². The van der Waals surface area contributed by atoms with Crippen LogP contribution in [0.5, 0.6) is 0 Å². The molecule has 1 aromatic rings. The fourth-order valence-corrected chi connectivity index (χ4v) is 2.49. The maximum Gasteiger partial charge on any atom is 0.0641 e. The summed E-state index contributed by atoms with van der Waals surface area (Å²) in [6.45, 7) is 12.9. The fraction of sp³-hybridized carbons (Fsp3) is 0.625. The van der Waals surface area contributed by atoms with Crippen molar-refractivity contribution in [3.63, 3.8) is 0 Å². The SMILES string of the molecule is CCOCCN(CC)c1ccc(CNC(C)C)c(Br)c1. The topological polar surface area (TPSA) is 24.5 Å². The quantitative estimate of drug-likeness (QED) is 0.690. The lowest BCUT2D eigenvalue weighted by Gasteiger charge is -2.24. The predicted molar refractivity (Wildman–Crippen MR) is 90.5 cm³/mol. The first-order chi connectivity index (χ1) is 9.58. The van der Waals surface area contributed by atoms with Crippen LogP contribution >= 0.6 is 15.9 Å². The Balaban J connectivity index is 2.68. The molecule has 0 aliphatic carbocycles. The number of ether oxygens (including phenoxy) is 1. The maximum atomic E-state index is 5.44. The molecular formula is C16H27BrN2O. The van der Waals surface area contributed by atoms with E-state index in [1.807, 2.05) is 6.92 Å². The zero-order valence-corrected chi connectivity index (χ0v) is 14.7. The van der Waals surface area contributed by atoms with Gasteiger partial charge in [-0.1, -0.05) is 35.8 Å². The van der Waals surface area contributed by atoms with Crippen LogP contribution in [0.4, 0.5) is 5.69 Å². The highest BCUT2D eigenvalue weighted by Crippen LogP contribution is 2.24. The molecule has 1 N–H and O–H groups in total. The maximum absolute atomic E-state index is 5.44. The second-order valence-electron chi connectivity index (χ2n) is 5.09. The molecule has 0 radical (unpaired) electrons. The van der Waals surface area contributed by atoms with E-state index in [4.69, 9.17) is 4.74 Å². The van der Waals surface area contributed by atoms with Gasteiger partial charge in [0.15, 0.2) is 0 Å². The summed E-state index contributed by atoms with van der Waals surface area (Å²) in [5.41, 5.74) is 2.54. The number of hydrogen-bond acceptors (Lipinski definition) is 3. The first kappa shape index (κ1) is 17.5. The van der Waals surface area contributed by atoms with E-state index in [-0.39, 0.29) is 0 Å². The Morgan fingerprint density at radius 3 is 2.60 bits per heavy atom. The van der Waals surface area contributed by atoms with Crippen LogP contribution in [0.25, 0.3) is 0 Å². The molecule has 0 saturated carbocycles. The largest absolute Gasteiger partial charge is 0.380 e. The fourth-order valence-electron chi connectivity index (χ4n) is 1.98. The monoisotopic (exact) mass is 342 g/mol. The van der Waals surface area contributed by atoms with Crippen molar-refractivity contribution in [1.29, 1.82) is 0 Å². The predicted octanol–water partition coefficient (Wildman–Crippen LogP) is 3.81. The highest BCUT2D eigenvalue weighted by atomic mass is 79.9. The van der Waals surface area contributed by atoms with Crippen molar-refractivity contribution in [2.24, 2.45) is 0 Å². The summed E-state index contributed by atoms with van der Waals surface area (Å²) in [7, 11) is 0. The summed E-state index contributed by atoms with van der Waals surface area (Å²) in [5.74, 6) is 0. The molecule has 0 atom stereocenters. The molecule has 0 saturated heterocycles. The van der Waals surface area contributed by atoms with Gasteiger partial charge in [-0.15, -0.1) is 0 Å². The summed E-state index contributed by atoms with van der Waals surface area (Å²) in [4.78, 5) is 2.33. The minimum absolute atomic E-state index is 0.500. The third-order valence-corrected chi connectivity index (χ3v) is 3.93. The van der Waals surface area contributed by atoms with Gasteiger partial charge in [-0.05, 0) is 31.5 Å². The minimum Gasteiger partial charge on any atom is -0.380 e. The van der Waals surface area contributed by atoms with Gasteiger partial charge in [-0.2, -0.15) is 0 Å². The van der Waals surface area contributed by atoms with Crippen molar-refractivity contribution in [3.8, 4) is 0 Å². The van der Waals surface area contributed by atoms with E-state index < -0.39 is 0 Å². The Bertz CT molecular complexity index is 396. The average molecular weight is 343 g/mol. The van der Waals surface area contributed by atoms with Crippen LogP contribution in [0.3, 0.4) is 0 Å². The number of rotatable bonds is 9. The molecule has 0 aromatic heterocycles. The standard InChI is InChI=1S/C16H27BrN2O/c1-5-19(9-10-20-6-2)15-8-7-14(16(17)11-15)12-18-13(3)4/h7-8,11,13,18H,5-6,9-10,12H2,1-4H3. The lowest BCUT2D eigenvalue weighted by atomic mass is 10.2. The van der Waals surface area contributed by atoms with E-state index >= 15 is 0 Å². The molecule has 114 valence electrons. The van der Waals surface area contributed by atoms with E-state index in [1.165, 1.54) is 11.3 Å². The minimum atomic E-state index is 0.500. The molecule has 0 aliphatic heterocycles. The highest BCUT2D eigenvalue weighted by molar-refractivity contribution is 9.10. The first-order valence-electron chi connectivity index (χ1n) is 7.43. The van der Waals surface area contributed by atoms with Crippen molar-refractivity contribution in [3.05, 3.63) is 28.2 Å². The number of anilines is 1. The molecule has 0 spiro atoms. The molecule has 1 aromatic carbocycles. The molecule has 0 aliphatic rings. The van der Waals surface area contributed by atoms with Crippen LogP contribution in [0.15, 0.2) is 22.7 Å². The van der Waals surface area contributed by atoms with Crippen molar-refractivity contribution in [1.82, 2.24) is 5.32 Å². The zero-order chi connectivity index (χ0) is 15.0. The number of nitrogens with one attached hydrogen (secondary N) is 1. The van der Waals surface area contributed by atoms with Crippen LogP contribution in [0.2, 0.25) is 0 Å². The van der Waals surface area contributed by atoms with E-state index in [2.05, 4.69) is 65.1 Å². The Kier molecular flexibility index (Phi) is 8.19. The summed E-state index contributed by atoms with van der Waals surface area (Å²) in [6.07, 6.45) is 0. The second kappa shape index (κ2) is 9.37. The number of hydrogen-bond donors (Lipinski definition) is 1. The van der Waals surface area contributed by atoms with E-state index in [0.717, 1.165) is 37.3 Å². The Morgan fingerprint density at radius 1 is 1.30 bits per heavy atom. The summed E-state index contributed by atoms with van der Waals surface area (Å²) in [5, 5.41) is 3.44. The molecule has 4 heteroatoms. The lowest BCUT2D eigenvalue weighted by Crippen LogP contribution is -2.27. The molecule has 0 unspecified atom stereocenters. The van der Waals surface area contributed by atoms with Crippen molar-refractivity contribution in [2.75, 3.05) is 31.2 Å². The van der Waals surface area contributed by atoms with Crippen LogP contribution in [0.1, 0.15) is 33.3 Å². The number of nitrogens with zero attached hydrogens (tertiary/aromatic N) is 1. The molecule has 0 bridgehead atoms. The van der Waals surface area contributed by atoms with Crippen molar-refractivity contribution >= 4 is 21.6 Å². The van der Waals surface area contributed by atoms with Gasteiger partial charge in [-0.25, -0.2) is 0 Å². The zero-order valence-electron chi connectivity index (χ0n) is 13.1. The third kappa shape index (κ3) is 5.81.